The van der Waals surface area contributed by atoms with Crippen LogP contribution in [-0.4, -0.2) is 53.4 Å². The Morgan fingerprint density at radius 1 is 1.03 bits per heavy atom. The fraction of sp³-hybridized carbons (Fsp3) is 0.560. The molecule has 10 heteroatoms. The number of ether oxygens (including phenoxy) is 1. The van der Waals surface area contributed by atoms with Crippen molar-refractivity contribution in [3.8, 4) is 0 Å². The van der Waals surface area contributed by atoms with E-state index in [1.807, 2.05) is 6.07 Å². The van der Waals surface area contributed by atoms with E-state index in [1.54, 1.807) is 58.9 Å². The molecule has 2 N–H and O–H groups in total. The Morgan fingerprint density at radius 3 is 2.11 bits per heavy atom. The SMILES string of the molecule is CON1C(=O)[C@@H](C(=O)[C@@H](NC(=O)C[C@H](NC(=O)OC(C)(C)C)c2ccccc2)C(C)C)[C@H](C)C1=O. The van der Waals surface area contributed by atoms with Gasteiger partial charge in [-0.3, -0.25) is 24.0 Å². The summed E-state index contributed by atoms with van der Waals surface area (Å²) in [6.45, 7) is 10.1. The normalized spacial score (nSPS) is 19.9. The summed E-state index contributed by atoms with van der Waals surface area (Å²) < 4.78 is 5.33. The van der Waals surface area contributed by atoms with Crippen molar-refractivity contribution < 1.29 is 33.5 Å². The predicted molar refractivity (Wildman–Crippen MR) is 126 cm³/mol. The maximum Gasteiger partial charge on any atom is 0.408 e. The van der Waals surface area contributed by atoms with Crippen LogP contribution in [0.25, 0.3) is 0 Å². The van der Waals surface area contributed by atoms with E-state index in [0.29, 0.717) is 10.6 Å². The molecule has 0 spiro atoms. The molecule has 2 rings (SSSR count). The van der Waals surface area contributed by atoms with E-state index in [9.17, 15) is 24.0 Å². The van der Waals surface area contributed by atoms with E-state index in [0.717, 1.165) is 0 Å². The molecule has 1 fully saturated rings. The Morgan fingerprint density at radius 2 is 1.63 bits per heavy atom. The van der Waals surface area contributed by atoms with Crippen molar-refractivity contribution in [1.29, 1.82) is 0 Å². The number of hydrogen-bond acceptors (Lipinski definition) is 7. The minimum atomic E-state index is -1.25. The molecule has 1 saturated heterocycles. The molecule has 192 valence electrons. The van der Waals surface area contributed by atoms with Gasteiger partial charge >= 0.3 is 6.09 Å². The summed E-state index contributed by atoms with van der Waals surface area (Å²) in [6, 6.07) is 7.18. The third-order valence-corrected chi connectivity index (χ3v) is 5.62. The fourth-order valence-electron chi connectivity index (χ4n) is 3.89. The number of carbonyl (C=O) groups excluding carboxylic acids is 5. The van der Waals surface area contributed by atoms with Gasteiger partial charge in [-0.2, -0.15) is 5.06 Å². The summed E-state index contributed by atoms with van der Waals surface area (Å²) >= 11 is 0. The number of ketones is 1. The number of amides is 4. The summed E-state index contributed by atoms with van der Waals surface area (Å²) in [5, 5.41) is 6.00. The third kappa shape index (κ3) is 7.11. The highest BCUT2D eigenvalue weighted by molar-refractivity contribution is 6.16. The molecule has 4 atom stereocenters. The Kier molecular flexibility index (Phi) is 9.14. The lowest BCUT2D eigenvalue weighted by atomic mass is 9.85. The van der Waals surface area contributed by atoms with Crippen LogP contribution in [-0.2, 0) is 28.8 Å². The second-order valence-electron chi connectivity index (χ2n) is 9.92. The van der Waals surface area contributed by atoms with Gasteiger partial charge in [-0.1, -0.05) is 51.1 Å². The minimum absolute atomic E-state index is 0.170. The first-order chi connectivity index (χ1) is 16.3. The zero-order chi connectivity index (χ0) is 26.5. The first-order valence-electron chi connectivity index (χ1n) is 11.6. The zero-order valence-corrected chi connectivity index (χ0v) is 21.3. The average molecular weight is 490 g/mol. The van der Waals surface area contributed by atoms with E-state index < -0.39 is 59.1 Å². The molecule has 0 bridgehead atoms. The van der Waals surface area contributed by atoms with Gasteiger partial charge in [-0.05, 0) is 32.3 Å². The van der Waals surface area contributed by atoms with E-state index in [2.05, 4.69) is 10.6 Å². The van der Waals surface area contributed by atoms with Crippen LogP contribution in [0.5, 0.6) is 0 Å². The van der Waals surface area contributed by atoms with Crippen LogP contribution >= 0.6 is 0 Å². The summed E-state index contributed by atoms with van der Waals surface area (Å²) in [4.78, 5) is 68.4. The standard InChI is InChI=1S/C25H35N3O7/c1-14(2)20(21(30)19-15(3)22(31)28(34-7)23(19)32)27-18(29)13-17(16-11-9-8-10-12-16)26-24(33)35-25(4,5)6/h8-12,14-15,17,19-20H,13H2,1-7H3,(H,26,33)(H,27,29)/t15-,17-,19+,20-/m0/s1. The molecule has 1 heterocycles. The number of rotatable bonds is 9. The van der Waals surface area contributed by atoms with E-state index in [-0.39, 0.29) is 12.3 Å². The number of imide groups is 1. The minimum Gasteiger partial charge on any atom is -0.444 e. The first-order valence-corrected chi connectivity index (χ1v) is 11.6. The molecule has 1 aliphatic rings. The number of hydrogen-bond donors (Lipinski definition) is 2. The summed E-state index contributed by atoms with van der Waals surface area (Å²) in [7, 11) is 1.18. The van der Waals surface area contributed by atoms with Gasteiger partial charge in [0.1, 0.15) is 11.5 Å². The monoisotopic (exact) mass is 489 g/mol. The Balaban J connectivity index is 2.19. The average Bonchev–Trinajstić information content (AvgIpc) is 2.97. The highest BCUT2D eigenvalue weighted by atomic mass is 16.7. The Bertz CT molecular complexity index is 956. The van der Waals surface area contributed by atoms with Crippen molar-refractivity contribution in [2.24, 2.45) is 17.8 Å². The van der Waals surface area contributed by atoms with Crippen LogP contribution < -0.4 is 10.6 Å². The van der Waals surface area contributed by atoms with E-state index in [1.165, 1.54) is 14.0 Å². The summed E-state index contributed by atoms with van der Waals surface area (Å²) in [5.41, 5.74) is -0.0392. The maximum atomic E-state index is 13.3. The van der Waals surface area contributed by atoms with Crippen LogP contribution in [0.15, 0.2) is 30.3 Å². The van der Waals surface area contributed by atoms with E-state index in [4.69, 9.17) is 9.57 Å². The van der Waals surface area contributed by atoms with Gasteiger partial charge in [0, 0.05) is 0 Å². The van der Waals surface area contributed by atoms with Crippen LogP contribution in [0.1, 0.15) is 59.6 Å². The van der Waals surface area contributed by atoms with Gasteiger partial charge in [0.05, 0.1) is 31.5 Å². The number of nitrogens with one attached hydrogen (secondary N) is 2. The lowest BCUT2D eigenvalue weighted by molar-refractivity contribution is -0.181. The van der Waals surface area contributed by atoms with Gasteiger partial charge in [0.2, 0.25) is 5.91 Å². The van der Waals surface area contributed by atoms with Gasteiger partial charge in [-0.15, -0.1) is 0 Å². The highest BCUT2D eigenvalue weighted by Gasteiger charge is 2.51. The van der Waals surface area contributed by atoms with Crippen LogP contribution in [0.2, 0.25) is 0 Å². The van der Waals surface area contributed by atoms with Gasteiger partial charge in [0.25, 0.3) is 11.8 Å². The van der Waals surface area contributed by atoms with Gasteiger partial charge < -0.3 is 15.4 Å². The zero-order valence-electron chi connectivity index (χ0n) is 21.3. The van der Waals surface area contributed by atoms with Crippen molar-refractivity contribution in [3.05, 3.63) is 35.9 Å². The summed E-state index contributed by atoms with van der Waals surface area (Å²) in [5.74, 6) is -4.92. The summed E-state index contributed by atoms with van der Waals surface area (Å²) in [6.07, 6.45) is -0.851. The van der Waals surface area contributed by atoms with Crippen molar-refractivity contribution in [2.45, 2.75) is 65.6 Å². The van der Waals surface area contributed by atoms with Crippen molar-refractivity contribution in [2.75, 3.05) is 7.11 Å². The molecule has 0 saturated carbocycles. The van der Waals surface area contributed by atoms with E-state index >= 15 is 0 Å². The van der Waals surface area contributed by atoms with Crippen molar-refractivity contribution in [1.82, 2.24) is 15.7 Å². The van der Waals surface area contributed by atoms with Crippen molar-refractivity contribution >= 4 is 29.6 Å². The number of hydroxylamine groups is 2. The number of Topliss-reactive ketones (excluding diaryl/α,β-unsaturated/α-hetero) is 1. The fourth-order valence-corrected chi connectivity index (χ4v) is 3.89. The molecule has 0 aromatic heterocycles. The first kappa shape index (κ1) is 28.0. The van der Waals surface area contributed by atoms with Crippen LogP contribution in [0.4, 0.5) is 4.79 Å². The van der Waals surface area contributed by atoms with Gasteiger partial charge in [-0.25, -0.2) is 4.79 Å². The molecule has 0 unspecified atom stereocenters. The molecular weight excluding hydrogens is 454 g/mol. The van der Waals surface area contributed by atoms with Crippen LogP contribution in [0.3, 0.4) is 0 Å². The maximum absolute atomic E-state index is 13.3. The Labute approximate surface area is 205 Å². The Hall–Kier alpha value is -3.27. The second-order valence-corrected chi connectivity index (χ2v) is 9.92. The molecule has 1 aliphatic heterocycles. The molecule has 0 radical (unpaired) electrons. The molecule has 10 nitrogen and oxygen atoms in total. The van der Waals surface area contributed by atoms with Crippen molar-refractivity contribution in [3.63, 3.8) is 0 Å². The highest BCUT2D eigenvalue weighted by Crippen LogP contribution is 2.29. The topological polar surface area (TPSA) is 131 Å². The predicted octanol–water partition coefficient (Wildman–Crippen LogP) is 2.53. The molecule has 35 heavy (non-hydrogen) atoms. The number of nitrogens with zero attached hydrogens (tertiary/aromatic N) is 1. The number of carbonyl (C=O) groups is 5. The van der Waals surface area contributed by atoms with Crippen LogP contribution in [0, 0.1) is 17.8 Å². The number of alkyl carbamates (subject to hydrolysis) is 1. The molecular formula is C25H35N3O7. The van der Waals surface area contributed by atoms with Gasteiger partial charge in [0.15, 0.2) is 5.78 Å². The smallest absolute Gasteiger partial charge is 0.408 e. The lowest BCUT2D eigenvalue weighted by Gasteiger charge is -2.26. The lowest BCUT2D eigenvalue weighted by Crippen LogP contribution is -2.50. The largest absolute Gasteiger partial charge is 0.444 e. The molecule has 4 amide bonds. The molecule has 1 aromatic carbocycles. The molecule has 0 aliphatic carbocycles. The molecule has 1 aromatic rings. The third-order valence-electron chi connectivity index (χ3n) is 5.62. The quantitative estimate of drug-likeness (QED) is 0.402. The second kappa shape index (κ2) is 11.4. The number of benzene rings is 1.